The van der Waals surface area contributed by atoms with Crippen molar-refractivity contribution >= 4 is 37.5 Å². The summed E-state index contributed by atoms with van der Waals surface area (Å²) < 4.78 is 17.7. The van der Waals surface area contributed by atoms with Crippen molar-refractivity contribution in [3.8, 4) is 0 Å². The highest BCUT2D eigenvalue weighted by Gasteiger charge is 2.65. The van der Waals surface area contributed by atoms with Gasteiger partial charge in [-0.25, -0.2) is 4.79 Å². The largest absolute Gasteiger partial charge is 0.450 e. The maximum absolute atomic E-state index is 12.6. The van der Waals surface area contributed by atoms with Crippen molar-refractivity contribution in [3.05, 3.63) is 46.0 Å². The second-order valence-electron chi connectivity index (χ2n) is 8.48. The number of hydrogen-bond donors (Lipinski definition) is 1. The van der Waals surface area contributed by atoms with Crippen molar-refractivity contribution < 1.29 is 23.8 Å². The van der Waals surface area contributed by atoms with Crippen LogP contribution >= 0.6 is 23.2 Å². The van der Waals surface area contributed by atoms with Gasteiger partial charge in [-0.05, 0) is 42.4 Å². The summed E-state index contributed by atoms with van der Waals surface area (Å²) in [5.41, 5.74) is 0.287. The Bertz CT molecular complexity index is 789. The van der Waals surface area contributed by atoms with Crippen LogP contribution in [0.25, 0.3) is 0 Å². The number of rotatable bonds is 4. The van der Waals surface area contributed by atoms with Crippen molar-refractivity contribution in [1.82, 2.24) is 0 Å². The molecule has 0 aromatic heterocycles. The maximum Gasteiger partial charge on any atom is 0.338 e. The minimum atomic E-state index is -2.42. The van der Waals surface area contributed by atoms with Crippen LogP contribution in [0.4, 0.5) is 0 Å². The molecule has 1 N–H and O–H groups in total. The van der Waals surface area contributed by atoms with Crippen LogP contribution in [-0.4, -0.2) is 43.5 Å². The summed E-state index contributed by atoms with van der Waals surface area (Å²) in [7, 11) is -2.42. The van der Waals surface area contributed by atoms with E-state index in [0.29, 0.717) is 10.1 Å². The molecule has 3 rings (SSSR count). The molecule has 1 fully saturated rings. The first kappa shape index (κ1) is 20.8. The fourth-order valence-corrected chi connectivity index (χ4v) is 4.84. The molecule has 27 heavy (non-hydrogen) atoms. The van der Waals surface area contributed by atoms with Gasteiger partial charge in [-0.1, -0.05) is 50.0 Å². The number of ether oxygens (including phenoxy) is 2. The molecular formula is C19H24Cl2O5Si. The van der Waals surface area contributed by atoms with Gasteiger partial charge >= 0.3 is 5.97 Å². The molecule has 0 spiro atoms. The summed E-state index contributed by atoms with van der Waals surface area (Å²) in [6, 6.07) is 6.43. The van der Waals surface area contributed by atoms with E-state index in [-0.39, 0.29) is 10.6 Å². The molecule has 4 atom stereocenters. The number of carbonyl (C=O) groups is 1. The summed E-state index contributed by atoms with van der Waals surface area (Å²) in [5.74, 6) is -2.45. The molecule has 1 saturated heterocycles. The van der Waals surface area contributed by atoms with Crippen molar-refractivity contribution in [1.29, 1.82) is 0 Å². The second-order valence-corrected chi connectivity index (χ2v) is 14.1. The molecule has 0 saturated carbocycles. The summed E-state index contributed by atoms with van der Waals surface area (Å²) >= 11 is 12.2. The molecule has 0 radical (unpaired) electrons. The van der Waals surface area contributed by atoms with Gasteiger partial charge in [0.25, 0.3) is 0 Å². The van der Waals surface area contributed by atoms with Crippen LogP contribution in [-0.2, 0) is 13.9 Å². The first-order chi connectivity index (χ1) is 12.3. The van der Waals surface area contributed by atoms with Crippen LogP contribution in [0.15, 0.2) is 35.4 Å². The van der Waals surface area contributed by atoms with E-state index in [1.807, 2.05) is 13.1 Å². The Labute approximate surface area is 170 Å². The minimum absolute atomic E-state index is 0.164. The standard InChI is InChI=1S/C19H24Cl2O5Si/c1-18(2,3)27(4,5)26-19(23)15-13(21)10-14(24-15)16(19)25-17(22)11-7-6-8-12(20)9-11/h6-10,14-16,23H,1-5H3/t14-,15+,16-,19-/m0/s1. The number of halogens is 2. The lowest BCUT2D eigenvalue weighted by Gasteiger charge is -2.45. The van der Waals surface area contributed by atoms with Gasteiger partial charge in [0.1, 0.15) is 6.10 Å². The first-order valence-corrected chi connectivity index (χ1v) is 12.4. The van der Waals surface area contributed by atoms with Crippen LogP contribution in [0.2, 0.25) is 23.2 Å². The molecule has 8 heteroatoms. The predicted octanol–water partition coefficient (Wildman–Crippen LogP) is 4.48. The van der Waals surface area contributed by atoms with E-state index in [0.717, 1.165) is 0 Å². The van der Waals surface area contributed by atoms with E-state index in [1.54, 1.807) is 24.3 Å². The van der Waals surface area contributed by atoms with Crippen LogP contribution in [0.1, 0.15) is 31.1 Å². The number of carbonyl (C=O) groups excluding carboxylic acids is 1. The zero-order valence-corrected chi connectivity index (χ0v) is 18.5. The molecule has 0 unspecified atom stereocenters. The Hall–Kier alpha value is -0.893. The van der Waals surface area contributed by atoms with Crippen molar-refractivity contribution in [3.63, 3.8) is 0 Å². The molecule has 1 aromatic rings. The highest BCUT2D eigenvalue weighted by atomic mass is 35.5. The summed E-state index contributed by atoms with van der Waals surface area (Å²) in [5, 5.41) is 12.0. The van der Waals surface area contributed by atoms with Crippen LogP contribution in [0.3, 0.4) is 0 Å². The topological polar surface area (TPSA) is 65.0 Å². The lowest BCUT2D eigenvalue weighted by atomic mass is 9.97. The van der Waals surface area contributed by atoms with E-state index in [4.69, 9.17) is 37.1 Å². The van der Waals surface area contributed by atoms with Crippen molar-refractivity contribution in [2.45, 2.75) is 63.0 Å². The molecule has 2 aliphatic heterocycles. The molecule has 2 aliphatic rings. The average Bonchev–Trinajstić information content (AvgIpc) is 3.02. The van der Waals surface area contributed by atoms with E-state index in [2.05, 4.69) is 20.8 Å². The Morgan fingerprint density at radius 2 is 1.96 bits per heavy atom. The Kier molecular flexibility index (Phi) is 5.30. The third kappa shape index (κ3) is 3.71. The third-order valence-corrected chi connectivity index (χ3v) is 10.5. The molecule has 0 amide bonds. The quantitative estimate of drug-likeness (QED) is 0.433. The van der Waals surface area contributed by atoms with Gasteiger partial charge in [0.15, 0.2) is 20.5 Å². The van der Waals surface area contributed by atoms with Gasteiger partial charge < -0.3 is 19.0 Å². The Balaban J connectivity index is 1.90. The molecule has 2 heterocycles. The summed E-state index contributed by atoms with van der Waals surface area (Å²) in [4.78, 5) is 12.6. The van der Waals surface area contributed by atoms with E-state index in [1.165, 1.54) is 6.07 Å². The number of esters is 1. The van der Waals surface area contributed by atoms with E-state index < -0.39 is 38.4 Å². The first-order valence-electron chi connectivity index (χ1n) is 8.77. The average molecular weight is 431 g/mol. The van der Waals surface area contributed by atoms with Gasteiger partial charge in [-0.3, -0.25) is 0 Å². The fourth-order valence-electron chi connectivity index (χ4n) is 2.97. The minimum Gasteiger partial charge on any atom is -0.450 e. The molecule has 2 bridgehead atoms. The zero-order valence-electron chi connectivity index (χ0n) is 16.0. The normalized spacial score (nSPS) is 30.4. The van der Waals surface area contributed by atoms with Crippen molar-refractivity contribution in [2.75, 3.05) is 0 Å². The van der Waals surface area contributed by atoms with Crippen molar-refractivity contribution in [2.24, 2.45) is 0 Å². The van der Waals surface area contributed by atoms with Gasteiger partial charge in [-0.15, -0.1) is 0 Å². The number of fused-ring (bicyclic) bond motifs is 2. The fraction of sp³-hybridized carbons (Fsp3) is 0.526. The van der Waals surface area contributed by atoms with Crippen LogP contribution < -0.4 is 0 Å². The maximum atomic E-state index is 12.6. The van der Waals surface area contributed by atoms with Crippen LogP contribution in [0.5, 0.6) is 0 Å². The van der Waals surface area contributed by atoms with Gasteiger partial charge in [-0.2, -0.15) is 0 Å². The SMILES string of the molecule is CC(C)(C)[Si](C)(C)O[C@@]1(O)[C@@H]2O[C@@H](C=C2Cl)[C@@H]1OC(=O)c1cccc(Cl)c1. The van der Waals surface area contributed by atoms with Crippen LogP contribution in [0, 0.1) is 0 Å². The number of benzene rings is 1. The summed E-state index contributed by atoms with van der Waals surface area (Å²) in [6.45, 7) is 10.2. The smallest absolute Gasteiger partial charge is 0.338 e. The third-order valence-electron chi connectivity index (χ3n) is 5.47. The summed E-state index contributed by atoms with van der Waals surface area (Å²) in [6.07, 6.45) is -0.924. The molecule has 1 aromatic carbocycles. The lowest BCUT2D eigenvalue weighted by molar-refractivity contribution is -0.210. The highest BCUT2D eigenvalue weighted by molar-refractivity contribution is 6.74. The number of hydrogen-bond acceptors (Lipinski definition) is 5. The van der Waals surface area contributed by atoms with Gasteiger partial charge in [0.05, 0.1) is 10.6 Å². The lowest BCUT2D eigenvalue weighted by Crippen LogP contribution is -2.60. The monoisotopic (exact) mass is 430 g/mol. The predicted molar refractivity (Wildman–Crippen MR) is 106 cm³/mol. The van der Waals surface area contributed by atoms with Gasteiger partial charge in [0.2, 0.25) is 5.79 Å². The second kappa shape index (κ2) is 6.86. The Morgan fingerprint density at radius 3 is 2.56 bits per heavy atom. The zero-order chi connectivity index (χ0) is 20.2. The van der Waals surface area contributed by atoms with E-state index in [9.17, 15) is 9.90 Å². The molecular weight excluding hydrogens is 407 g/mol. The molecule has 5 nitrogen and oxygen atoms in total. The molecule has 148 valence electrons. The highest BCUT2D eigenvalue weighted by Crippen LogP contribution is 2.49. The number of aliphatic hydroxyl groups is 1. The molecule has 0 aliphatic carbocycles. The Morgan fingerprint density at radius 1 is 1.30 bits per heavy atom. The van der Waals surface area contributed by atoms with E-state index >= 15 is 0 Å². The van der Waals surface area contributed by atoms with Gasteiger partial charge in [0, 0.05) is 5.02 Å².